The predicted octanol–water partition coefficient (Wildman–Crippen LogP) is 33.1. The smallest absolute Gasteiger partial charge is 0.0992 e. The van der Waals surface area contributed by atoms with Gasteiger partial charge in [-0.3, -0.25) is 14.8 Å². The molecule has 141 heavy (non-hydrogen) atoms. The molecule has 0 atom stereocenters. The first kappa shape index (κ1) is 110. The molecule has 7 aliphatic rings. The maximum absolute atomic E-state index is 5.96. The van der Waals surface area contributed by atoms with Crippen LogP contribution >= 0.6 is 79.6 Å². The highest BCUT2D eigenvalue weighted by atomic mass is 35.5. The quantitative estimate of drug-likeness (QED) is 0.103. The molecular weight excluding hydrogens is 1860 g/mol. The Morgan fingerprint density at radius 1 is 0.397 bits per heavy atom. The van der Waals surface area contributed by atoms with Crippen LogP contribution in [0.2, 0.25) is 5.02 Å². The molecule has 5 aromatic carbocycles. The second kappa shape index (κ2) is 53.1. The topological polar surface area (TPSA) is 103 Å². The summed E-state index contributed by atoms with van der Waals surface area (Å²) in [5.41, 5.74) is 32.4. The minimum absolute atomic E-state index is 0.561. The normalized spacial score (nSPS) is 14.8. The fourth-order valence-corrected chi connectivity index (χ4v) is 26.9. The van der Waals surface area contributed by atoms with Gasteiger partial charge in [-0.1, -0.05) is 256 Å². The van der Waals surface area contributed by atoms with E-state index < -0.39 is 0 Å². The number of rotatable bonds is 13. The van der Waals surface area contributed by atoms with Crippen LogP contribution in [-0.4, -0.2) is 97.7 Å². The molecule has 0 aliphatic carbocycles. The molecule has 3 N–H and O–H groups in total. The van der Waals surface area contributed by atoms with Crippen molar-refractivity contribution in [2.75, 3.05) is 53.0 Å². The Morgan fingerprint density at radius 2 is 0.929 bits per heavy atom. The first-order valence-corrected chi connectivity index (χ1v) is 57.7. The first-order valence-electron chi connectivity index (χ1n) is 52.1. The molecule has 0 spiro atoms. The zero-order chi connectivity index (χ0) is 101. The van der Waals surface area contributed by atoms with Gasteiger partial charge in [0.2, 0.25) is 0 Å². The fraction of sp³-hybridized carbons (Fsp3) is 0.451. The predicted molar refractivity (Wildman–Crippen MR) is 616 cm³/mol. The summed E-state index contributed by atoms with van der Waals surface area (Å²) in [4.78, 5) is 22.3. The molecule has 0 radical (unpaired) electrons. The number of fused-ring (bicyclic) bond motifs is 11. The van der Waals surface area contributed by atoms with Crippen molar-refractivity contribution in [1.29, 1.82) is 0 Å². The van der Waals surface area contributed by atoms with E-state index in [2.05, 4.69) is 370 Å². The van der Waals surface area contributed by atoms with E-state index in [0.717, 1.165) is 76.1 Å². The number of hydrogen-bond donors (Lipinski definition) is 3. The lowest BCUT2D eigenvalue weighted by molar-refractivity contribution is -0.0691. The van der Waals surface area contributed by atoms with Crippen LogP contribution in [0.25, 0.3) is 42.1 Å². The highest BCUT2D eigenvalue weighted by Crippen LogP contribution is 2.40. The van der Waals surface area contributed by atoms with Crippen LogP contribution in [-0.2, 0) is 82.8 Å². The van der Waals surface area contributed by atoms with Gasteiger partial charge < -0.3 is 30.0 Å². The standard InChI is InChI=1S/C13H19NOS.C12H19NS.C12H13N.C11H11ClS.C11H17NS.2C11H15N.C11H12S.2C10H12N2.C10H15NS/c1-9(2)12-8-16-13-5-14(4-3-11(12)13)10-6-15-7-10;1-4-13-6-5-10-11(9(2)3)8-14-12(10)7-13;1-9(2)11-6-5-10-4-3-7-13-12(10)8-11;1-7(2)10-6-13-11-4-3-8(12)5-9(10)11;1-8(2)10-7-13-11-6-12(3)5-4-9(10)11;1-8(2)9-3-4-10-6-12-7-11(10)5-9;1-8(2)10-5-3-4-9-6-12-7-11(9)10;1-8(2)10-7-12-11-6-4-3-5-9(10)11;1-8(2)9-4-3-7-12-10(9)5-6-11-12;1-8(2)9-4-3-5-12-7-11-6-10(9)12;1-7(2)9-6-12-10-5-11-4-3-8(9)10/h8-10H,3-7H2,1-2H3;8-9H,4-7H2,1-3H3;3-9H,1-2H3;3-7H,1-2H3;7-8H,4-6H2,1-3H3;2*3-5,8,12H,6-7H2,1-2H3;3*3-8H,1-2H3;6-7,11H,3-5H2,1-2H3. The SMILES string of the molecule is CC(C)c1ccc2c(c1)CNC2.CC(C)c1ccc2cccnc2c1.CC(C)c1cccc2c1CNC2.CC(C)c1cccn2cncc12.CC(C)c1cccn2nccc12.CC(C)c1csc2c1CCN(C)C2.CC(C)c1csc2c1CCN(C1COC1)C2.CC(C)c1csc2c1CCNC2.CC(C)c1csc2ccc(Cl)cc12.CC(C)c1csc2ccccc12.CCN1CCc2c(C(C)C)csc2C1. The number of ether oxygens (including phenoxy) is 1. The molecule has 16 aromatic rings. The van der Waals surface area contributed by atoms with E-state index >= 15 is 0 Å². The Labute approximate surface area is 874 Å². The molecule has 18 heterocycles. The number of likely N-dealkylation sites (N-methyl/N-ethyl adjacent to an activating group) is 2. The number of hydrogen-bond acceptors (Lipinski definition) is 16. The second-order valence-corrected chi connectivity index (χ2v) is 48.1. The van der Waals surface area contributed by atoms with Crippen LogP contribution in [0.4, 0.5) is 0 Å². The van der Waals surface area contributed by atoms with Crippen LogP contribution in [0.3, 0.4) is 0 Å². The number of nitrogens with zero attached hydrogens (tertiary/aromatic N) is 8. The van der Waals surface area contributed by atoms with E-state index in [-0.39, 0.29) is 0 Å². The average molecular weight is 2020 g/mol. The van der Waals surface area contributed by atoms with Crippen molar-refractivity contribution < 1.29 is 4.74 Å². The zero-order valence-electron chi connectivity index (χ0n) is 88.9. The Hall–Kier alpha value is -8.38. The second-order valence-electron chi connectivity index (χ2n) is 42.0. The van der Waals surface area contributed by atoms with E-state index in [4.69, 9.17) is 16.3 Å². The molecule has 0 bridgehead atoms. The minimum Gasteiger partial charge on any atom is -0.378 e. The molecule has 1 fully saturated rings. The maximum atomic E-state index is 5.96. The molecule has 0 amide bonds. The summed E-state index contributed by atoms with van der Waals surface area (Å²) >= 11 is 17.4. The number of pyridine rings is 3. The average Bonchev–Trinajstić information content (AvgIpc) is 1.67. The van der Waals surface area contributed by atoms with Gasteiger partial charge in [0.25, 0.3) is 0 Å². The van der Waals surface area contributed by atoms with Crippen LogP contribution < -0.4 is 16.0 Å². The summed E-state index contributed by atoms with van der Waals surface area (Å²) in [5, 5.41) is 33.0. The van der Waals surface area contributed by atoms with Gasteiger partial charge in [0.1, 0.15) is 0 Å². The Morgan fingerprint density at radius 3 is 1.55 bits per heavy atom. The summed E-state index contributed by atoms with van der Waals surface area (Å²) in [6.07, 6.45) is 16.4. The molecule has 752 valence electrons. The van der Waals surface area contributed by atoms with Gasteiger partial charge in [-0.2, -0.15) is 5.10 Å². The molecule has 11 aromatic heterocycles. The Bertz CT molecular complexity index is 6490. The van der Waals surface area contributed by atoms with Gasteiger partial charge in [0.15, 0.2) is 0 Å². The van der Waals surface area contributed by atoms with Gasteiger partial charge in [0.05, 0.1) is 48.3 Å². The molecule has 0 unspecified atom stereocenters. The third kappa shape index (κ3) is 29.3. The number of benzene rings is 5. The van der Waals surface area contributed by atoms with Crippen molar-refractivity contribution in [3.63, 3.8) is 0 Å². The molecule has 0 saturated carbocycles. The Balaban J connectivity index is 0.000000131. The summed E-state index contributed by atoms with van der Waals surface area (Å²) in [7, 11) is 2.21. The minimum atomic E-state index is 0.561. The summed E-state index contributed by atoms with van der Waals surface area (Å²) in [6, 6.07) is 49.9. The number of thiophene rings is 6. The van der Waals surface area contributed by atoms with Crippen molar-refractivity contribution in [2.24, 2.45) is 0 Å². The van der Waals surface area contributed by atoms with E-state index in [1.807, 2.05) is 117 Å². The summed E-state index contributed by atoms with van der Waals surface area (Å²) in [5.74, 6) is 6.99. The molecule has 7 aliphatic heterocycles. The van der Waals surface area contributed by atoms with Gasteiger partial charge >= 0.3 is 0 Å². The highest BCUT2D eigenvalue weighted by Gasteiger charge is 2.32. The van der Waals surface area contributed by atoms with E-state index in [0.29, 0.717) is 71.1 Å². The number of halogens is 1. The van der Waals surface area contributed by atoms with E-state index in [1.54, 1.807) is 75.4 Å². The number of aromatic nitrogens is 5. The summed E-state index contributed by atoms with van der Waals surface area (Å²) in [6.45, 7) is 68.4. The van der Waals surface area contributed by atoms with E-state index in [1.165, 1.54) is 156 Å². The third-order valence-electron chi connectivity index (χ3n) is 28.1. The van der Waals surface area contributed by atoms with Gasteiger partial charge in [-0.25, -0.2) is 9.50 Å². The summed E-state index contributed by atoms with van der Waals surface area (Å²) < 4.78 is 12.0. The van der Waals surface area contributed by atoms with Crippen molar-refractivity contribution >= 4 is 122 Å². The third-order valence-corrected chi connectivity index (χ3v) is 34.4. The largest absolute Gasteiger partial charge is 0.378 e. The van der Waals surface area contributed by atoms with Crippen molar-refractivity contribution in [3.8, 4) is 0 Å². The van der Waals surface area contributed by atoms with Crippen LogP contribution in [0, 0.1) is 0 Å². The van der Waals surface area contributed by atoms with Gasteiger partial charge in [0, 0.05) is 136 Å². The molecule has 19 heteroatoms. The lowest BCUT2D eigenvalue weighted by Gasteiger charge is -2.39. The number of nitrogens with one attached hydrogen (secondary N) is 3. The first-order chi connectivity index (χ1) is 67.8. The molecule has 1 saturated heterocycles. The van der Waals surface area contributed by atoms with Crippen molar-refractivity contribution in [3.05, 3.63) is 339 Å². The van der Waals surface area contributed by atoms with Crippen molar-refractivity contribution in [1.82, 2.24) is 54.6 Å². The van der Waals surface area contributed by atoms with E-state index in [9.17, 15) is 0 Å². The van der Waals surface area contributed by atoms with Crippen LogP contribution in [0.1, 0.15) is 350 Å². The lowest BCUT2D eigenvalue weighted by atomic mass is 9.95. The van der Waals surface area contributed by atoms with Crippen LogP contribution in [0.5, 0.6) is 0 Å². The highest BCUT2D eigenvalue weighted by molar-refractivity contribution is 7.17. The van der Waals surface area contributed by atoms with Gasteiger partial charge in [-0.15, -0.1) is 68.0 Å². The molecular formula is C122H160ClN11OS6. The molecule has 23 rings (SSSR count). The zero-order valence-corrected chi connectivity index (χ0v) is 94.5. The number of imidazole rings is 1. The Kier molecular flexibility index (Phi) is 41.4. The monoisotopic (exact) mass is 2020 g/mol. The maximum Gasteiger partial charge on any atom is 0.0992 e. The van der Waals surface area contributed by atoms with Gasteiger partial charge in [-0.05, 0) is 314 Å². The van der Waals surface area contributed by atoms with Crippen LogP contribution in [0.15, 0.2) is 209 Å². The fourth-order valence-electron chi connectivity index (χ4n) is 19.4. The lowest BCUT2D eigenvalue weighted by Crippen LogP contribution is -2.50. The van der Waals surface area contributed by atoms with Crippen molar-refractivity contribution in [2.45, 2.75) is 308 Å². The molecule has 12 nitrogen and oxygen atoms in total.